The van der Waals surface area contributed by atoms with Crippen LogP contribution in [-0.2, 0) is 5.88 Å². The van der Waals surface area contributed by atoms with Gasteiger partial charge in [0.25, 0.3) is 0 Å². The third-order valence-corrected chi connectivity index (χ3v) is 3.58. The van der Waals surface area contributed by atoms with E-state index in [4.69, 9.17) is 11.6 Å². The molecule has 0 aliphatic heterocycles. The summed E-state index contributed by atoms with van der Waals surface area (Å²) in [7, 11) is 0. The highest BCUT2D eigenvalue weighted by molar-refractivity contribution is 14.1. The van der Waals surface area contributed by atoms with Crippen LogP contribution in [0, 0.1) is 3.57 Å². The number of halogens is 3. The Balaban J connectivity index is 2.42. The first kappa shape index (κ1) is 11.4. The predicted molar refractivity (Wildman–Crippen MR) is 73.5 cm³/mol. The normalized spacial score (nSPS) is 10.6. The number of nitrogens with zero attached hydrogens (tertiary/aromatic N) is 2. The van der Waals surface area contributed by atoms with Crippen LogP contribution in [0.5, 0.6) is 0 Å². The second-order valence-corrected chi connectivity index (χ2v) is 5.38. The molecule has 0 saturated carbocycles. The lowest BCUT2D eigenvalue weighted by atomic mass is 10.2. The van der Waals surface area contributed by atoms with Crippen molar-refractivity contribution in [1.29, 1.82) is 0 Å². The van der Waals surface area contributed by atoms with Gasteiger partial charge in [-0.25, -0.2) is 4.68 Å². The van der Waals surface area contributed by atoms with Gasteiger partial charge in [0.1, 0.15) is 0 Å². The smallest absolute Gasteiger partial charge is 0.0657 e. The van der Waals surface area contributed by atoms with E-state index in [0.717, 1.165) is 19.3 Å². The fraction of sp³-hybridized carbons (Fsp3) is 0.100. The highest BCUT2D eigenvalue weighted by atomic mass is 127. The first-order valence-corrected chi connectivity index (χ1v) is 6.66. The summed E-state index contributed by atoms with van der Waals surface area (Å²) in [5.74, 6) is 0.511. The van der Waals surface area contributed by atoms with Crippen molar-refractivity contribution >= 4 is 50.1 Å². The summed E-state index contributed by atoms with van der Waals surface area (Å²) >= 11 is 11.5. The van der Waals surface area contributed by atoms with Crippen LogP contribution in [0.3, 0.4) is 0 Å². The van der Waals surface area contributed by atoms with E-state index < -0.39 is 0 Å². The van der Waals surface area contributed by atoms with Crippen molar-refractivity contribution in [3.8, 4) is 5.69 Å². The first-order valence-electron chi connectivity index (χ1n) is 4.25. The standard InChI is InChI=1S/C10H7BrClIN2/c11-10-3-9(2-1-7(10)4-12)15-6-8(13)5-14-15/h1-3,5-6H,4H2. The Labute approximate surface area is 115 Å². The van der Waals surface area contributed by atoms with Crippen LogP contribution in [0.1, 0.15) is 5.56 Å². The van der Waals surface area contributed by atoms with Gasteiger partial charge in [-0.3, -0.25) is 0 Å². The van der Waals surface area contributed by atoms with Crippen LogP contribution in [0.2, 0.25) is 0 Å². The lowest BCUT2D eigenvalue weighted by Crippen LogP contribution is -1.94. The van der Waals surface area contributed by atoms with Gasteiger partial charge in [0.05, 0.1) is 15.5 Å². The first-order chi connectivity index (χ1) is 7.20. The summed E-state index contributed by atoms with van der Waals surface area (Å²) in [5.41, 5.74) is 2.11. The molecule has 78 valence electrons. The quantitative estimate of drug-likeness (QED) is 0.554. The molecule has 1 aromatic heterocycles. The molecule has 0 radical (unpaired) electrons. The zero-order chi connectivity index (χ0) is 10.8. The minimum atomic E-state index is 0.511. The van der Waals surface area contributed by atoms with Gasteiger partial charge in [-0.05, 0) is 40.3 Å². The summed E-state index contributed by atoms with van der Waals surface area (Å²) in [6, 6.07) is 6.02. The summed E-state index contributed by atoms with van der Waals surface area (Å²) in [6.07, 6.45) is 3.80. The lowest BCUT2D eigenvalue weighted by Gasteiger charge is -2.04. The number of benzene rings is 1. The molecule has 0 aliphatic carbocycles. The van der Waals surface area contributed by atoms with Crippen molar-refractivity contribution in [3.63, 3.8) is 0 Å². The number of hydrogen-bond donors (Lipinski definition) is 0. The lowest BCUT2D eigenvalue weighted by molar-refractivity contribution is 0.879. The SMILES string of the molecule is ClCc1ccc(-n2cc(I)cn2)cc1Br. The monoisotopic (exact) mass is 396 g/mol. The van der Waals surface area contributed by atoms with E-state index in [1.165, 1.54) is 0 Å². The predicted octanol–water partition coefficient (Wildman–Crippen LogP) is 3.98. The van der Waals surface area contributed by atoms with Crippen molar-refractivity contribution in [2.45, 2.75) is 5.88 Å². The Bertz CT molecular complexity index is 484. The molecule has 0 amide bonds. The number of hydrogen-bond acceptors (Lipinski definition) is 1. The average Bonchev–Trinajstić information content (AvgIpc) is 2.65. The van der Waals surface area contributed by atoms with Crippen LogP contribution >= 0.6 is 50.1 Å². The molecule has 1 heterocycles. The van der Waals surface area contributed by atoms with Crippen molar-refractivity contribution in [3.05, 3.63) is 44.2 Å². The molecule has 2 nitrogen and oxygen atoms in total. The van der Waals surface area contributed by atoms with Gasteiger partial charge in [0, 0.05) is 16.5 Å². The van der Waals surface area contributed by atoms with Crippen molar-refractivity contribution in [1.82, 2.24) is 9.78 Å². The second-order valence-electron chi connectivity index (χ2n) is 3.01. The third kappa shape index (κ3) is 2.54. The number of alkyl halides is 1. The molecule has 0 aliphatic rings. The maximum atomic E-state index is 5.78. The zero-order valence-corrected chi connectivity index (χ0v) is 12.1. The minimum Gasteiger partial charge on any atom is -0.240 e. The highest BCUT2D eigenvalue weighted by Crippen LogP contribution is 2.22. The summed E-state index contributed by atoms with van der Waals surface area (Å²) in [6.45, 7) is 0. The van der Waals surface area contributed by atoms with Crippen LogP contribution in [0.4, 0.5) is 0 Å². The van der Waals surface area contributed by atoms with E-state index in [-0.39, 0.29) is 0 Å². The molecule has 0 fully saturated rings. The molecule has 0 saturated heterocycles. The Hall–Kier alpha value is -0.0700. The van der Waals surface area contributed by atoms with E-state index in [1.54, 1.807) is 0 Å². The molecule has 0 N–H and O–H groups in total. The fourth-order valence-electron chi connectivity index (χ4n) is 1.23. The van der Waals surface area contributed by atoms with Crippen molar-refractivity contribution in [2.75, 3.05) is 0 Å². The third-order valence-electron chi connectivity index (χ3n) is 2.00. The molecular formula is C10H7BrClIN2. The molecule has 2 aromatic rings. The van der Waals surface area contributed by atoms with Crippen molar-refractivity contribution in [2.24, 2.45) is 0 Å². The number of aromatic nitrogens is 2. The minimum absolute atomic E-state index is 0.511. The largest absolute Gasteiger partial charge is 0.240 e. The molecule has 15 heavy (non-hydrogen) atoms. The van der Waals surface area contributed by atoms with Gasteiger partial charge in [-0.15, -0.1) is 11.6 Å². The van der Waals surface area contributed by atoms with Gasteiger partial charge in [0.15, 0.2) is 0 Å². The van der Waals surface area contributed by atoms with Crippen molar-refractivity contribution < 1.29 is 0 Å². The van der Waals surface area contributed by atoms with E-state index in [9.17, 15) is 0 Å². The van der Waals surface area contributed by atoms with E-state index >= 15 is 0 Å². The molecule has 5 heteroatoms. The van der Waals surface area contributed by atoms with E-state index in [1.807, 2.05) is 35.3 Å². The average molecular weight is 397 g/mol. The molecule has 0 atom stereocenters. The van der Waals surface area contributed by atoms with Gasteiger partial charge in [-0.1, -0.05) is 22.0 Å². The zero-order valence-electron chi connectivity index (χ0n) is 7.62. The van der Waals surface area contributed by atoms with Gasteiger partial charge in [-0.2, -0.15) is 5.10 Å². The Kier molecular flexibility index (Phi) is 3.69. The maximum Gasteiger partial charge on any atom is 0.0657 e. The second kappa shape index (κ2) is 4.84. The van der Waals surface area contributed by atoms with Gasteiger partial charge < -0.3 is 0 Å². The maximum absolute atomic E-state index is 5.78. The highest BCUT2D eigenvalue weighted by Gasteiger charge is 2.03. The summed E-state index contributed by atoms with van der Waals surface area (Å²) < 4.78 is 3.97. The van der Waals surface area contributed by atoms with Crippen LogP contribution in [0.25, 0.3) is 5.69 Å². The Morgan fingerprint density at radius 1 is 1.47 bits per heavy atom. The van der Waals surface area contributed by atoms with E-state index in [0.29, 0.717) is 5.88 Å². The Morgan fingerprint density at radius 2 is 2.27 bits per heavy atom. The molecule has 0 unspecified atom stereocenters. The molecule has 1 aromatic carbocycles. The summed E-state index contributed by atoms with van der Waals surface area (Å²) in [4.78, 5) is 0. The summed E-state index contributed by atoms with van der Waals surface area (Å²) in [5, 5.41) is 4.24. The Morgan fingerprint density at radius 3 is 2.80 bits per heavy atom. The molecular weight excluding hydrogens is 390 g/mol. The van der Waals surface area contributed by atoms with Gasteiger partial charge >= 0.3 is 0 Å². The molecule has 2 rings (SSSR count). The van der Waals surface area contributed by atoms with Crippen LogP contribution in [0.15, 0.2) is 35.1 Å². The number of rotatable bonds is 2. The fourth-order valence-corrected chi connectivity index (χ4v) is 2.52. The topological polar surface area (TPSA) is 17.8 Å². The molecule has 0 bridgehead atoms. The van der Waals surface area contributed by atoms with Crippen LogP contribution in [-0.4, -0.2) is 9.78 Å². The van der Waals surface area contributed by atoms with Gasteiger partial charge in [0.2, 0.25) is 0 Å². The van der Waals surface area contributed by atoms with Crippen LogP contribution < -0.4 is 0 Å². The molecule has 0 spiro atoms. The van der Waals surface area contributed by atoms with E-state index in [2.05, 4.69) is 43.6 Å².